The number of nitrogens with two attached hydrogens (primary N) is 1. The van der Waals surface area contributed by atoms with Gasteiger partial charge in [0.2, 0.25) is 0 Å². The van der Waals surface area contributed by atoms with Crippen LogP contribution in [0.2, 0.25) is 0 Å². The molecule has 3 N–H and O–H groups in total. The highest BCUT2D eigenvalue weighted by molar-refractivity contribution is 5.73. The zero-order valence-electron chi connectivity index (χ0n) is 11.5. The molecule has 0 saturated carbocycles. The largest absolute Gasteiger partial charge is 0.416 e. The van der Waals surface area contributed by atoms with Gasteiger partial charge in [-0.25, -0.2) is 0 Å². The lowest BCUT2D eigenvalue weighted by Crippen LogP contribution is -2.11. The lowest BCUT2D eigenvalue weighted by atomic mass is 10.00. The molecule has 0 bridgehead atoms. The molecule has 23 heavy (non-hydrogen) atoms. The summed E-state index contributed by atoms with van der Waals surface area (Å²) in [6.45, 7) is 1.38. The first kappa shape index (κ1) is 16.7. The highest BCUT2D eigenvalue weighted by Gasteiger charge is 2.37. The molecule has 0 fully saturated rings. The molecule has 2 rings (SSSR count). The molecule has 0 aliphatic carbocycles. The first-order chi connectivity index (χ1) is 10.4. The normalized spacial score (nSPS) is 12.3. The van der Waals surface area contributed by atoms with Crippen molar-refractivity contribution < 1.29 is 26.3 Å². The Labute approximate surface area is 126 Å². The number of nitrogens with zero attached hydrogens (tertiary/aromatic N) is 1. The number of halogens is 6. The van der Waals surface area contributed by atoms with Crippen LogP contribution in [0.1, 0.15) is 22.3 Å². The fourth-order valence-corrected chi connectivity index (χ4v) is 2.15. The SMILES string of the molecule is Cc1c(-c2cc(C(F)(F)F)cc(C(F)(F)F)c2)[nH]c(N)c1C#N. The van der Waals surface area contributed by atoms with Crippen LogP contribution in [-0.4, -0.2) is 4.98 Å². The summed E-state index contributed by atoms with van der Waals surface area (Å²) in [5.74, 6) is -0.119. The third-order valence-corrected chi connectivity index (χ3v) is 3.27. The molecular formula is C14H9F6N3. The number of alkyl halides is 6. The lowest BCUT2D eigenvalue weighted by Gasteiger charge is -2.14. The molecular weight excluding hydrogens is 324 g/mol. The van der Waals surface area contributed by atoms with Crippen molar-refractivity contribution in [3.63, 3.8) is 0 Å². The highest BCUT2D eigenvalue weighted by Crippen LogP contribution is 2.39. The number of nitriles is 1. The second kappa shape index (κ2) is 5.22. The van der Waals surface area contributed by atoms with Gasteiger partial charge in [0.1, 0.15) is 11.9 Å². The molecule has 0 saturated heterocycles. The predicted octanol–water partition coefficient (Wildman–Crippen LogP) is 4.48. The van der Waals surface area contributed by atoms with Crippen molar-refractivity contribution in [2.45, 2.75) is 19.3 Å². The summed E-state index contributed by atoms with van der Waals surface area (Å²) >= 11 is 0. The first-order valence-electron chi connectivity index (χ1n) is 6.13. The molecule has 3 nitrogen and oxygen atoms in total. The van der Waals surface area contributed by atoms with Gasteiger partial charge < -0.3 is 10.7 Å². The van der Waals surface area contributed by atoms with E-state index < -0.39 is 23.5 Å². The Morgan fingerprint density at radius 3 is 1.83 bits per heavy atom. The minimum atomic E-state index is -4.94. The maximum absolute atomic E-state index is 12.8. The van der Waals surface area contributed by atoms with E-state index in [0.29, 0.717) is 12.1 Å². The summed E-state index contributed by atoms with van der Waals surface area (Å²) in [7, 11) is 0. The molecule has 0 amide bonds. The van der Waals surface area contributed by atoms with Crippen LogP contribution in [0, 0.1) is 18.3 Å². The van der Waals surface area contributed by atoms with Gasteiger partial charge in [-0.2, -0.15) is 31.6 Å². The van der Waals surface area contributed by atoms with Crippen LogP contribution < -0.4 is 5.73 Å². The summed E-state index contributed by atoms with van der Waals surface area (Å²) in [4.78, 5) is 2.46. The number of aromatic amines is 1. The summed E-state index contributed by atoms with van der Waals surface area (Å²) < 4.78 is 77.1. The number of aromatic nitrogens is 1. The third-order valence-electron chi connectivity index (χ3n) is 3.27. The van der Waals surface area contributed by atoms with E-state index >= 15 is 0 Å². The second-order valence-electron chi connectivity index (χ2n) is 4.82. The van der Waals surface area contributed by atoms with Gasteiger partial charge in [-0.05, 0) is 36.2 Å². The molecule has 0 aliphatic rings. The van der Waals surface area contributed by atoms with Crippen LogP contribution in [0.5, 0.6) is 0 Å². The van der Waals surface area contributed by atoms with Crippen LogP contribution in [-0.2, 0) is 12.4 Å². The number of hydrogen-bond acceptors (Lipinski definition) is 2. The molecule has 0 unspecified atom stereocenters. The van der Waals surface area contributed by atoms with E-state index in [-0.39, 0.29) is 34.3 Å². The number of anilines is 1. The first-order valence-corrected chi connectivity index (χ1v) is 6.13. The molecule has 2 aromatic rings. The van der Waals surface area contributed by atoms with Gasteiger partial charge in [0.15, 0.2) is 0 Å². The van der Waals surface area contributed by atoms with Crippen LogP contribution in [0.25, 0.3) is 11.3 Å². The number of hydrogen-bond donors (Lipinski definition) is 2. The second-order valence-corrected chi connectivity index (χ2v) is 4.82. The van der Waals surface area contributed by atoms with Crippen molar-refractivity contribution in [1.82, 2.24) is 4.98 Å². The smallest absolute Gasteiger partial charge is 0.384 e. The number of rotatable bonds is 1. The zero-order valence-corrected chi connectivity index (χ0v) is 11.5. The monoisotopic (exact) mass is 333 g/mol. The predicted molar refractivity (Wildman–Crippen MR) is 70.1 cm³/mol. The van der Waals surface area contributed by atoms with Gasteiger partial charge in [-0.1, -0.05) is 0 Å². The van der Waals surface area contributed by atoms with E-state index in [1.807, 2.05) is 0 Å². The summed E-state index contributed by atoms with van der Waals surface area (Å²) in [6.07, 6.45) is -9.89. The number of H-pyrrole nitrogens is 1. The van der Waals surface area contributed by atoms with E-state index in [0.717, 1.165) is 0 Å². The van der Waals surface area contributed by atoms with Gasteiger partial charge in [0, 0.05) is 0 Å². The van der Waals surface area contributed by atoms with Crippen molar-refractivity contribution in [1.29, 1.82) is 5.26 Å². The van der Waals surface area contributed by atoms with Crippen molar-refractivity contribution in [2.75, 3.05) is 5.73 Å². The minimum absolute atomic E-state index is 0.0222. The molecule has 1 aromatic carbocycles. The standard InChI is InChI=1S/C14H9F6N3/c1-6-10(5-21)12(22)23-11(6)7-2-8(13(15,16)17)4-9(3-7)14(18,19)20/h2-4,23H,22H2,1H3. The molecule has 122 valence electrons. The summed E-state index contributed by atoms with van der Waals surface area (Å²) in [5, 5.41) is 8.92. The Balaban J connectivity index is 2.75. The maximum atomic E-state index is 12.8. The van der Waals surface area contributed by atoms with E-state index in [1.165, 1.54) is 6.92 Å². The number of nitrogen functional groups attached to an aromatic ring is 1. The Morgan fingerprint density at radius 2 is 1.48 bits per heavy atom. The fraction of sp³-hybridized carbons (Fsp3) is 0.214. The molecule has 0 aliphatic heterocycles. The fourth-order valence-electron chi connectivity index (χ4n) is 2.15. The van der Waals surface area contributed by atoms with Gasteiger partial charge >= 0.3 is 12.4 Å². The van der Waals surface area contributed by atoms with Crippen LogP contribution in [0.15, 0.2) is 18.2 Å². The average molecular weight is 333 g/mol. The number of benzene rings is 1. The average Bonchev–Trinajstić information content (AvgIpc) is 2.71. The third kappa shape index (κ3) is 3.11. The molecule has 1 aromatic heterocycles. The van der Waals surface area contributed by atoms with Crippen molar-refractivity contribution >= 4 is 5.82 Å². The molecule has 9 heteroatoms. The van der Waals surface area contributed by atoms with Crippen molar-refractivity contribution in [3.05, 3.63) is 40.5 Å². The molecule has 1 heterocycles. The van der Waals surface area contributed by atoms with Crippen LogP contribution >= 0.6 is 0 Å². The van der Waals surface area contributed by atoms with Crippen molar-refractivity contribution in [2.24, 2.45) is 0 Å². The van der Waals surface area contributed by atoms with Crippen LogP contribution in [0.4, 0.5) is 32.2 Å². The summed E-state index contributed by atoms with van der Waals surface area (Å²) in [6, 6.07) is 2.94. The maximum Gasteiger partial charge on any atom is 0.416 e. The Kier molecular flexibility index (Phi) is 3.80. The Hall–Kier alpha value is -2.63. The number of nitrogens with one attached hydrogen (secondary N) is 1. The van der Waals surface area contributed by atoms with E-state index in [9.17, 15) is 26.3 Å². The highest BCUT2D eigenvalue weighted by atomic mass is 19.4. The Bertz CT molecular complexity index is 760. The summed E-state index contributed by atoms with van der Waals surface area (Å²) in [5.41, 5.74) is 2.39. The van der Waals surface area contributed by atoms with Crippen molar-refractivity contribution in [3.8, 4) is 17.3 Å². The molecule has 0 spiro atoms. The van der Waals surface area contributed by atoms with Crippen LogP contribution in [0.3, 0.4) is 0 Å². The van der Waals surface area contributed by atoms with Gasteiger partial charge in [-0.15, -0.1) is 0 Å². The van der Waals surface area contributed by atoms with Gasteiger partial charge in [0.25, 0.3) is 0 Å². The van der Waals surface area contributed by atoms with Gasteiger partial charge in [-0.3, -0.25) is 0 Å². The van der Waals surface area contributed by atoms with E-state index in [2.05, 4.69) is 4.98 Å². The minimum Gasteiger partial charge on any atom is -0.384 e. The van der Waals surface area contributed by atoms with E-state index in [4.69, 9.17) is 11.0 Å². The molecule has 0 radical (unpaired) electrons. The zero-order chi connectivity index (χ0) is 17.6. The molecule has 0 atom stereocenters. The van der Waals surface area contributed by atoms with E-state index in [1.54, 1.807) is 6.07 Å². The lowest BCUT2D eigenvalue weighted by molar-refractivity contribution is -0.143. The quantitative estimate of drug-likeness (QED) is 0.756. The Morgan fingerprint density at radius 1 is 1.00 bits per heavy atom. The van der Waals surface area contributed by atoms with Gasteiger partial charge in [0.05, 0.1) is 22.4 Å². The topological polar surface area (TPSA) is 65.6 Å².